The maximum absolute atomic E-state index is 11.5. The summed E-state index contributed by atoms with van der Waals surface area (Å²) < 4.78 is 1.91. The predicted molar refractivity (Wildman–Crippen MR) is 121 cm³/mol. The minimum absolute atomic E-state index is 0.0392. The van der Waals surface area contributed by atoms with Gasteiger partial charge in [-0.1, -0.05) is 91.0 Å². The standard InChI is InChI=1S/C26H19N3O2/c30-29(31)24-17-16-20-19-27-28(25(20)18-24)26(21-10-4-1-5-11-21,22-12-6-2-7-13-22)23-14-8-3-9-15-23/h1-19H. The molecule has 1 aromatic heterocycles. The second kappa shape index (κ2) is 7.54. The Morgan fingerprint density at radius 1 is 0.710 bits per heavy atom. The lowest BCUT2D eigenvalue weighted by atomic mass is 9.77. The van der Waals surface area contributed by atoms with Gasteiger partial charge in [-0.15, -0.1) is 0 Å². The van der Waals surface area contributed by atoms with E-state index in [1.54, 1.807) is 18.3 Å². The van der Waals surface area contributed by atoms with E-state index in [9.17, 15) is 10.1 Å². The summed E-state index contributed by atoms with van der Waals surface area (Å²) in [4.78, 5) is 11.1. The topological polar surface area (TPSA) is 61.0 Å². The highest BCUT2D eigenvalue weighted by Crippen LogP contribution is 2.42. The Kier molecular flexibility index (Phi) is 4.56. The van der Waals surface area contributed by atoms with E-state index in [2.05, 4.69) is 36.4 Å². The van der Waals surface area contributed by atoms with Gasteiger partial charge >= 0.3 is 0 Å². The average molecular weight is 405 g/mol. The number of fused-ring (bicyclic) bond motifs is 1. The Balaban J connectivity index is 1.95. The van der Waals surface area contributed by atoms with Crippen LogP contribution in [0.1, 0.15) is 16.7 Å². The second-order valence-electron chi connectivity index (χ2n) is 7.37. The van der Waals surface area contributed by atoms with E-state index in [0.717, 1.165) is 22.1 Å². The molecule has 150 valence electrons. The van der Waals surface area contributed by atoms with Crippen molar-refractivity contribution in [3.8, 4) is 0 Å². The fourth-order valence-electron chi connectivity index (χ4n) is 4.29. The van der Waals surface area contributed by atoms with Gasteiger partial charge in [0, 0.05) is 17.5 Å². The maximum atomic E-state index is 11.5. The highest BCUT2D eigenvalue weighted by Gasteiger charge is 2.40. The van der Waals surface area contributed by atoms with Crippen molar-refractivity contribution in [2.75, 3.05) is 0 Å². The molecular formula is C26H19N3O2. The molecule has 5 nitrogen and oxygen atoms in total. The Morgan fingerprint density at radius 3 is 1.65 bits per heavy atom. The van der Waals surface area contributed by atoms with Crippen LogP contribution >= 0.6 is 0 Å². The first-order chi connectivity index (χ1) is 15.2. The molecule has 5 heteroatoms. The molecule has 0 aliphatic rings. The van der Waals surface area contributed by atoms with E-state index in [1.807, 2.05) is 59.3 Å². The Bertz CT molecular complexity index is 1250. The molecule has 4 aromatic carbocycles. The summed E-state index contributed by atoms with van der Waals surface area (Å²) in [5.74, 6) is 0. The van der Waals surface area contributed by atoms with E-state index < -0.39 is 5.54 Å². The molecular weight excluding hydrogens is 386 g/mol. The quantitative estimate of drug-likeness (QED) is 0.211. The number of hydrogen-bond donors (Lipinski definition) is 0. The largest absolute Gasteiger partial charge is 0.271 e. The van der Waals surface area contributed by atoms with Gasteiger partial charge < -0.3 is 0 Å². The van der Waals surface area contributed by atoms with E-state index in [4.69, 9.17) is 5.10 Å². The van der Waals surface area contributed by atoms with E-state index >= 15 is 0 Å². The third-order valence-corrected chi connectivity index (χ3v) is 5.66. The lowest BCUT2D eigenvalue weighted by molar-refractivity contribution is -0.384. The molecule has 0 aliphatic heterocycles. The first kappa shape index (κ1) is 18.8. The van der Waals surface area contributed by atoms with Crippen molar-refractivity contribution in [1.82, 2.24) is 9.78 Å². The number of benzene rings is 4. The minimum Gasteiger partial charge on any atom is -0.258 e. The lowest BCUT2D eigenvalue weighted by Crippen LogP contribution is -2.38. The van der Waals surface area contributed by atoms with Crippen LogP contribution in [0.3, 0.4) is 0 Å². The van der Waals surface area contributed by atoms with Gasteiger partial charge in [-0.05, 0) is 22.8 Å². The zero-order valence-corrected chi connectivity index (χ0v) is 16.6. The molecule has 0 fully saturated rings. The summed E-state index contributed by atoms with van der Waals surface area (Å²) in [6.45, 7) is 0. The fourth-order valence-corrected chi connectivity index (χ4v) is 4.29. The summed E-state index contributed by atoms with van der Waals surface area (Å²) >= 11 is 0. The molecule has 0 atom stereocenters. The van der Waals surface area contributed by atoms with E-state index in [0.29, 0.717) is 5.52 Å². The monoisotopic (exact) mass is 405 g/mol. The average Bonchev–Trinajstić information content (AvgIpc) is 3.25. The number of aromatic nitrogens is 2. The van der Waals surface area contributed by atoms with Crippen LogP contribution in [0.15, 0.2) is 115 Å². The number of nitro benzene ring substituents is 1. The normalized spacial score (nSPS) is 11.5. The Hall–Kier alpha value is -4.25. The van der Waals surface area contributed by atoms with Crippen LogP contribution in [0.4, 0.5) is 5.69 Å². The number of non-ortho nitro benzene ring substituents is 1. The van der Waals surface area contributed by atoms with Gasteiger partial charge in [0.2, 0.25) is 0 Å². The zero-order chi connectivity index (χ0) is 21.3. The van der Waals surface area contributed by atoms with Crippen LogP contribution in [0.2, 0.25) is 0 Å². The van der Waals surface area contributed by atoms with Crippen molar-refractivity contribution < 1.29 is 4.92 Å². The first-order valence-electron chi connectivity index (χ1n) is 10.0. The summed E-state index contributed by atoms with van der Waals surface area (Å²) in [6.07, 6.45) is 1.77. The van der Waals surface area contributed by atoms with Crippen LogP contribution in [-0.2, 0) is 5.54 Å². The molecule has 5 aromatic rings. The van der Waals surface area contributed by atoms with Gasteiger partial charge in [-0.3, -0.25) is 10.1 Å². The van der Waals surface area contributed by atoms with Crippen LogP contribution < -0.4 is 0 Å². The third kappa shape index (κ3) is 2.99. The van der Waals surface area contributed by atoms with Crippen LogP contribution in [0.25, 0.3) is 10.9 Å². The second-order valence-corrected chi connectivity index (χ2v) is 7.37. The van der Waals surface area contributed by atoms with Gasteiger partial charge in [0.1, 0.15) is 5.54 Å². The molecule has 0 N–H and O–H groups in total. The molecule has 0 radical (unpaired) electrons. The van der Waals surface area contributed by atoms with Crippen molar-refractivity contribution in [3.05, 3.63) is 142 Å². The Morgan fingerprint density at radius 2 is 1.19 bits per heavy atom. The van der Waals surface area contributed by atoms with Gasteiger partial charge in [0.25, 0.3) is 5.69 Å². The number of nitrogens with zero attached hydrogens (tertiary/aromatic N) is 3. The molecule has 1 heterocycles. The molecule has 5 rings (SSSR count). The van der Waals surface area contributed by atoms with Gasteiger partial charge in [-0.25, -0.2) is 4.68 Å². The number of rotatable bonds is 5. The van der Waals surface area contributed by atoms with Crippen LogP contribution in [-0.4, -0.2) is 14.7 Å². The van der Waals surface area contributed by atoms with Crippen molar-refractivity contribution in [2.45, 2.75) is 5.54 Å². The van der Waals surface area contributed by atoms with Crippen LogP contribution in [0, 0.1) is 10.1 Å². The van der Waals surface area contributed by atoms with E-state index in [1.165, 1.54) is 6.07 Å². The molecule has 0 amide bonds. The molecule has 31 heavy (non-hydrogen) atoms. The fraction of sp³-hybridized carbons (Fsp3) is 0.0385. The lowest BCUT2D eigenvalue weighted by Gasteiger charge is -2.37. The van der Waals surface area contributed by atoms with Gasteiger partial charge in [0.15, 0.2) is 0 Å². The van der Waals surface area contributed by atoms with Crippen molar-refractivity contribution in [2.24, 2.45) is 0 Å². The summed E-state index contributed by atoms with van der Waals surface area (Å²) in [7, 11) is 0. The van der Waals surface area contributed by atoms with Gasteiger partial charge in [0.05, 0.1) is 16.6 Å². The SMILES string of the molecule is O=[N+]([O-])c1ccc2cnn(C(c3ccccc3)(c3ccccc3)c3ccccc3)c2c1. The third-order valence-electron chi connectivity index (χ3n) is 5.66. The summed E-state index contributed by atoms with van der Waals surface area (Å²) in [5, 5.41) is 17.1. The van der Waals surface area contributed by atoms with Crippen molar-refractivity contribution >= 4 is 16.6 Å². The number of hydrogen-bond acceptors (Lipinski definition) is 3. The highest BCUT2D eigenvalue weighted by atomic mass is 16.6. The molecule has 0 saturated carbocycles. The molecule has 0 unspecified atom stereocenters. The number of nitro groups is 1. The highest BCUT2D eigenvalue weighted by molar-refractivity contribution is 5.82. The van der Waals surface area contributed by atoms with Crippen LogP contribution in [0.5, 0.6) is 0 Å². The minimum atomic E-state index is -0.805. The summed E-state index contributed by atoms with van der Waals surface area (Å²) in [6, 6.07) is 35.3. The maximum Gasteiger partial charge on any atom is 0.271 e. The smallest absolute Gasteiger partial charge is 0.258 e. The molecule has 0 bridgehead atoms. The predicted octanol–water partition coefficient (Wildman–Crippen LogP) is 5.78. The zero-order valence-electron chi connectivity index (χ0n) is 16.6. The van der Waals surface area contributed by atoms with E-state index in [-0.39, 0.29) is 10.6 Å². The molecule has 0 aliphatic carbocycles. The van der Waals surface area contributed by atoms with Crippen molar-refractivity contribution in [1.29, 1.82) is 0 Å². The molecule has 0 saturated heterocycles. The summed E-state index contributed by atoms with van der Waals surface area (Å²) in [5.41, 5.74) is 2.99. The molecule has 0 spiro atoms. The Labute approximate surface area is 179 Å². The van der Waals surface area contributed by atoms with Gasteiger partial charge in [-0.2, -0.15) is 5.10 Å². The first-order valence-corrected chi connectivity index (χ1v) is 10.0. The van der Waals surface area contributed by atoms with Crippen molar-refractivity contribution in [3.63, 3.8) is 0 Å².